The molecule has 0 atom stereocenters. The highest BCUT2D eigenvalue weighted by Crippen LogP contribution is 2.18. The number of nitriles is 1. The largest absolute Gasteiger partial charge is 0.328 e. The molecule has 0 aliphatic heterocycles. The van der Waals surface area contributed by atoms with Gasteiger partial charge in [0.15, 0.2) is 0 Å². The molecule has 19 heavy (non-hydrogen) atoms. The Hall–Kier alpha value is -1.84. The molecule has 2 rings (SSSR count). The van der Waals surface area contributed by atoms with Gasteiger partial charge in [0.25, 0.3) is 5.56 Å². The van der Waals surface area contributed by atoms with E-state index in [9.17, 15) is 9.59 Å². The molecule has 0 amide bonds. The lowest BCUT2D eigenvalue weighted by Crippen LogP contribution is -2.35. The van der Waals surface area contributed by atoms with Crippen LogP contribution in [0.3, 0.4) is 0 Å². The second-order valence-electron chi connectivity index (χ2n) is 3.75. The molecule has 96 valence electrons. The number of halogens is 2. The molecule has 0 spiro atoms. The zero-order valence-corrected chi connectivity index (χ0v) is 11.8. The van der Waals surface area contributed by atoms with Gasteiger partial charge >= 0.3 is 5.69 Å². The molecule has 0 saturated heterocycles. The van der Waals surface area contributed by atoms with Gasteiger partial charge in [-0.05, 0) is 33.6 Å². The first-order valence-electron chi connectivity index (χ1n) is 5.19. The van der Waals surface area contributed by atoms with Crippen LogP contribution < -0.4 is 11.2 Å². The molecule has 0 aliphatic carbocycles. The first-order chi connectivity index (χ1) is 9.02. The predicted octanol–water partition coefficient (Wildman–Crippen LogP) is 1.87. The van der Waals surface area contributed by atoms with Gasteiger partial charge < -0.3 is 4.98 Å². The maximum Gasteiger partial charge on any atom is 0.328 e. The lowest BCUT2D eigenvalue weighted by Gasteiger charge is -2.07. The summed E-state index contributed by atoms with van der Waals surface area (Å²) in [4.78, 5) is 25.9. The van der Waals surface area contributed by atoms with Gasteiger partial charge in [0, 0.05) is 11.2 Å². The highest BCUT2D eigenvalue weighted by Gasteiger charge is 2.08. The summed E-state index contributed by atoms with van der Waals surface area (Å²) >= 11 is 9.07. The summed E-state index contributed by atoms with van der Waals surface area (Å²) in [6, 6.07) is 6.66. The Bertz CT molecular complexity index is 789. The fraction of sp³-hybridized carbons (Fsp3) is 0.0833. The lowest BCUT2D eigenvalue weighted by molar-refractivity contribution is 0.694. The molecule has 1 aromatic heterocycles. The van der Waals surface area contributed by atoms with E-state index in [-0.39, 0.29) is 11.0 Å². The summed E-state index contributed by atoms with van der Waals surface area (Å²) in [5.41, 5.74) is 0.0495. The van der Waals surface area contributed by atoms with Crippen LogP contribution in [0.25, 0.3) is 0 Å². The van der Waals surface area contributed by atoms with Crippen molar-refractivity contribution in [3.63, 3.8) is 0 Å². The van der Waals surface area contributed by atoms with Crippen LogP contribution in [0.5, 0.6) is 0 Å². The second kappa shape index (κ2) is 5.43. The van der Waals surface area contributed by atoms with Gasteiger partial charge in [-0.2, -0.15) is 5.26 Å². The summed E-state index contributed by atoms with van der Waals surface area (Å²) in [5, 5.41) is 9.08. The number of benzene rings is 1. The van der Waals surface area contributed by atoms with Crippen molar-refractivity contribution < 1.29 is 0 Å². The number of nitrogens with one attached hydrogen (secondary N) is 1. The molecule has 0 saturated carbocycles. The number of aromatic nitrogens is 2. The quantitative estimate of drug-likeness (QED) is 0.906. The van der Waals surface area contributed by atoms with Crippen LogP contribution in [0.4, 0.5) is 0 Å². The molecule has 1 heterocycles. The molecule has 1 aromatic carbocycles. The Morgan fingerprint density at radius 3 is 2.79 bits per heavy atom. The summed E-state index contributed by atoms with van der Waals surface area (Å²) in [7, 11) is 0. The molecule has 0 bridgehead atoms. The third-order valence-electron chi connectivity index (χ3n) is 2.53. The number of hydrogen-bond donors (Lipinski definition) is 1. The maximum atomic E-state index is 11.8. The molecule has 0 radical (unpaired) electrons. The first-order valence-corrected chi connectivity index (χ1v) is 6.36. The fourth-order valence-corrected chi connectivity index (χ4v) is 2.11. The smallest absolute Gasteiger partial charge is 0.313 e. The minimum absolute atomic E-state index is 0.0398. The molecule has 2 aromatic rings. The van der Waals surface area contributed by atoms with E-state index in [2.05, 4.69) is 20.9 Å². The van der Waals surface area contributed by atoms with E-state index >= 15 is 0 Å². The number of nitrogens with zero attached hydrogens (tertiary/aromatic N) is 2. The maximum absolute atomic E-state index is 11.8. The van der Waals surface area contributed by atoms with Gasteiger partial charge in [0.1, 0.15) is 0 Å². The van der Waals surface area contributed by atoms with E-state index in [1.54, 1.807) is 12.1 Å². The van der Waals surface area contributed by atoms with Crippen LogP contribution in [0.1, 0.15) is 11.1 Å². The Balaban J connectivity index is 2.49. The average Bonchev–Trinajstić information content (AvgIpc) is 2.40. The Kier molecular flexibility index (Phi) is 3.88. The van der Waals surface area contributed by atoms with Crippen molar-refractivity contribution in [2.75, 3.05) is 0 Å². The number of H-pyrrole nitrogens is 1. The minimum atomic E-state index is -0.520. The molecular weight excluding hydrogens is 334 g/mol. The zero-order valence-electron chi connectivity index (χ0n) is 9.48. The van der Waals surface area contributed by atoms with Gasteiger partial charge in [-0.3, -0.25) is 9.36 Å². The summed E-state index contributed by atoms with van der Waals surface area (Å²) in [5.74, 6) is 0. The van der Waals surface area contributed by atoms with Crippen molar-refractivity contribution in [3.8, 4) is 6.07 Å². The van der Waals surface area contributed by atoms with E-state index in [4.69, 9.17) is 16.9 Å². The highest BCUT2D eigenvalue weighted by atomic mass is 79.9. The van der Waals surface area contributed by atoms with Crippen molar-refractivity contribution in [2.45, 2.75) is 6.54 Å². The summed E-state index contributed by atoms with van der Waals surface area (Å²) in [6.07, 6.45) is 1.29. The van der Waals surface area contributed by atoms with E-state index in [1.807, 2.05) is 6.07 Å². The molecule has 0 fully saturated rings. The van der Waals surface area contributed by atoms with Crippen molar-refractivity contribution in [2.24, 2.45) is 0 Å². The molecule has 0 unspecified atom stereocenters. The van der Waals surface area contributed by atoms with Crippen molar-refractivity contribution in [1.82, 2.24) is 9.55 Å². The standard InChI is InChI=1S/C12H7BrClN3O2/c13-9-5-16-12(19)17(11(9)18)6-8-2-1-7(4-15)3-10(8)14/h1-3,5H,6H2,(H,16,19). The average molecular weight is 341 g/mol. The molecular formula is C12H7BrClN3O2. The Morgan fingerprint density at radius 2 is 2.16 bits per heavy atom. The van der Waals surface area contributed by atoms with Gasteiger partial charge in [-0.1, -0.05) is 17.7 Å². The molecule has 0 aliphatic rings. The number of aromatic amines is 1. The second-order valence-corrected chi connectivity index (χ2v) is 5.01. The highest BCUT2D eigenvalue weighted by molar-refractivity contribution is 9.10. The molecule has 7 heteroatoms. The summed E-state index contributed by atoms with van der Waals surface area (Å²) < 4.78 is 1.29. The lowest BCUT2D eigenvalue weighted by atomic mass is 10.1. The monoisotopic (exact) mass is 339 g/mol. The Morgan fingerprint density at radius 1 is 1.42 bits per heavy atom. The third kappa shape index (κ3) is 2.78. The zero-order chi connectivity index (χ0) is 14.0. The van der Waals surface area contributed by atoms with Crippen molar-refractivity contribution in [3.05, 3.63) is 65.9 Å². The fourth-order valence-electron chi connectivity index (χ4n) is 1.54. The Labute approximate surface area is 121 Å². The van der Waals surface area contributed by atoms with Crippen molar-refractivity contribution >= 4 is 27.5 Å². The van der Waals surface area contributed by atoms with E-state index < -0.39 is 11.2 Å². The topological polar surface area (TPSA) is 78.7 Å². The van der Waals surface area contributed by atoms with Crippen LogP contribution in [0.2, 0.25) is 5.02 Å². The predicted molar refractivity (Wildman–Crippen MR) is 74.3 cm³/mol. The SMILES string of the molecule is N#Cc1ccc(Cn2c(=O)[nH]cc(Br)c2=O)c(Cl)c1. The van der Waals surface area contributed by atoms with E-state index in [0.717, 1.165) is 4.57 Å². The van der Waals surface area contributed by atoms with Gasteiger partial charge in [0.2, 0.25) is 0 Å². The minimum Gasteiger partial charge on any atom is -0.313 e. The molecule has 5 nitrogen and oxygen atoms in total. The van der Waals surface area contributed by atoms with Crippen LogP contribution in [0, 0.1) is 11.3 Å². The van der Waals surface area contributed by atoms with Crippen LogP contribution in [0.15, 0.2) is 38.5 Å². The van der Waals surface area contributed by atoms with E-state index in [0.29, 0.717) is 16.1 Å². The first kappa shape index (κ1) is 13.6. The van der Waals surface area contributed by atoms with Crippen LogP contribution in [-0.4, -0.2) is 9.55 Å². The van der Waals surface area contributed by atoms with Gasteiger partial charge in [-0.15, -0.1) is 0 Å². The molecule has 1 N–H and O–H groups in total. The third-order valence-corrected chi connectivity index (χ3v) is 3.45. The van der Waals surface area contributed by atoms with E-state index in [1.165, 1.54) is 12.3 Å². The van der Waals surface area contributed by atoms with Gasteiger partial charge in [0.05, 0.1) is 22.7 Å². The number of hydrogen-bond acceptors (Lipinski definition) is 3. The van der Waals surface area contributed by atoms with Gasteiger partial charge in [-0.25, -0.2) is 4.79 Å². The number of rotatable bonds is 2. The van der Waals surface area contributed by atoms with Crippen LogP contribution in [-0.2, 0) is 6.54 Å². The van der Waals surface area contributed by atoms with Crippen LogP contribution >= 0.6 is 27.5 Å². The summed E-state index contributed by atoms with van der Waals surface area (Å²) in [6.45, 7) is 0.0398. The van der Waals surface area contributed by atoms with Crippen molar-refractivity contribution in [1.29, 1.82) is 5.26 Å². The normalized spacial score (nSPS) is 10.2.